The maximum absolute atomic E-state index is 13.7. The van der Waals surface area contributed by atoms with E-state index < -0.39 is 5.82 Å². The minimum Gasteiger partial charge on any atom is -0.348 e. The SMILES string of the molecule is Cc1ccc(C(=O)NCc2ccc(C#N)cc2F)cc1C. The molecular formula is C17H15FN2O. The fourth-order valence-electron chi connectivity index (χ4n) is 1.92. The molecule has 0 spiro atoms. The summed E-state index contributed by atoms with van der Waals surface area (Å²) in [7, 11) is 0. The molecule has 0 saturated heterocycles. The van der Waals surface area contributed by atoms with E-state index in [1.54, 1.807) is 12.1 Å². The number of hydrogen-bond acceptors (Lipinski definition) is 2. The fraction of sp³-hybridized carbons (Fsp3) is 0.176. The quantitative estimate of drug-likeness (QED) is 0.939. The van der Waals surface area contributed by atoms with Gasteiger partial charge in [-0.05, 0) is 49.2 Å². The number of hydrogen-bond donors (Lipinski definition) is 1. The Morgan fingerprint density at radius 2 is 1.95 bits per heavy atom. The Labute approximate surface area is 123 Å². The van der Waals surface area contributed by atoms with Crippen LogP contribution in [0.4, 0.5) is 4.39 Å². The number of carbonyl (C=O) groups is 1. The first-order valence-corrected chi connectivity index (χ1v) is 6.55. The minimum atomic E-state index is -0.491. The third-order valence-corrected chi connectivity index (χ3v) is 3.39. The van der Waals surface area contributed by atoms with Crippen molar-refractivity contribution in [2.75, 3.05) is 0 Å². The predicted octanol–water partition coefficient (Wildman–Crippen LogP) is 3.24. The molecular weight excluding hydrogens is 267 g/mol. The van der Waals surface area contributed by atoms with Crippen LogP contribution in [0.2, 0.25) is 0 Å². The van der Waals surface area contributed by atoms with Gasteiger partial charge in [0, 0.05) is 17.7 Å². The van der Waals surface area contributed by atoms with Crippen molar-refractivity contribution in [1.82, 2.24) is 5.32 Å². The van der Waals surface area contributed by atoms with Crippen LogP contribution >= 0.6 is 0 Å². The molecule has 0 radical (unpaired) electrons. The average molecular weight is 282 g/mol. The highest BCUT2D eigenvalue weighted by molar-refractivity contribution is 5.94. The van der Waals surface area contributed by atoms with Gasteiger partial charge in [-0.15, -0.1) is 0 Å². The lowest BCUT2D eigenvalue weighted by atomic mass is 10.1. The summed E-state index contributed by atoms with van der Waals surface area (Å²) in [6.45, 7) is 4.00. The standard InChI is InChI=1S/C17H15FN2O/c1-11-3-5-14(7-12(11)2)17(21)20-10-15-6-4-13(9-19)8-16(15)18/h3-8H,10H2,1-2H3,(H,20,21). The van der Waals surface area contributed by atoms with Gasteiger partial charge in [-0.2, -0.15) is 5.26 Å². The van der Waals surface area contributed by atoms with Gasteiger partial charge in [0.2, 0.25) is 0 Å². The summed E-state index contributed by atoms with van der Waals surface area (Å²) in [6.07, 6.45) is 0. The van der Waals surface area contributed by atoms with E-state index in [2.05, 4.69) is 5.32 Å². The number of nitriles is 1. The first-order valence-electron chi connectivity index (χ1n) is 6.55. The predicted molar refractivity (Wildman–Crippen MR) is 78.2 cm³/mol. The summed E-state index contributed by atoms with van der Waals surface area (Å²) >= 11 is 0. The highest BCUT2D eigenvalue weighted by atomic mass is 19.1. The first kappa shape index (κ1) is 14.7. The molecule has 0 aromatic heterocycles. The fourth-order valence-corrected chi connectivity index (χ4v) is 1.92. The van der Waals surface area contributed by atoms with Gasteiger partial charge in [0.15, 0.2) is 0 Å². The molecule has 0 unspecified atom stereocenters. The summed E-state index contributed by atoms with van der Waals surface area (Å²) in [6, 6.07) is 11.5. The number of benzene rings is 2. The highest BCUT2D eigenvalue weighted by Crippen LogP contribution is 2.12. The molecule has 0 aliphatic heterocycles. The zero-order valence-corrected chi connectivity index (χ0v) is 11.9. The van der Waals surface area contributed by atoms with Crippen molar-refractivity contribution in [3.63, 3.8) is 0 Å². The van der Waals surface area contributed by atoms with Crippen molar-refractivity contribution in [3.8, 4) is 6.07 Å². The van der Waals surface area contributed by atoms with Crippen LogP contribution in [0.3, 0.4) is 0 Å². The smallest absolute Gasteiger partial charge is 0.251 e. The van der Waals surface area contributed by atoms with Crippen molar-refractivity contribution in [3.05, 3.63) is 70.0 Å². The van der Waals surface area contributed by atoms with Crippen molar-refractivity contribution in [2.24, 2.45) is 0 Å². The van der Waals surface area contributed by atoms with Crippen LogP contribution in [0.1, 0.15) is 32.6 Å². The number of carbonyl (C=O) groups excluding carboxylic acids is 1. The third-order valence-electron chi connectivity index (χ3n) is 3.39. The molecule has 4 heteroatoms. The zero-order valence-electron chi connectivity index (χ0n) is 11.9. The number of aryl methyl sites for hydroxylation is 2. The maximum atomic E-state index is 13.7. The Morgan fingerprint density at radius 3 is 2.57 bits per heavy atom. The Kier molecular flexibility index (Phi) is 4.34. The number of nitrogens with zero attached hydrogens (tertiary/aromatic N) is 1. The van der Waals surface area contributed by atoms with Gasteiger partial charge in [-0.25, -0.2) is 4.39 Å². The van der Waals surface area contributed by atoms with Crippen molar-refractivity contribution >= 4 is 5.91 Å². The van der Waals surface area contributed by atoms with E-state index in [4.69, 9.17) is 5.26 Å². The lowest BCUT2D eigenvalue weighted by Gasteiger charge is -2.08. The van der Waals surface area contributed by atoms with Crippen LogP contribution in [0.5, 0.6) is 0 Å². The van der Waals surface area contributed by atoms with E-state index >= 15 is 0 Å². The number of halogens is 1. The maximum Gasteiger partial charge on any atom is 0.251 e. The molecule has 1 N–H and O–H groups in total. The molecule has 21 heavy (non-hydrogen) atoms. The van der Waals surface area contributed by atoms with Gasteiger partial charge in [0.25, 0.3) is 5.91 Å². The lowest BCUT2D eigenvalue weighted by molar-refractivity contribution is 0.0950. The molecule has 2 aromatic rings. The largest absolute Gasteiger partial charge is 0.348 e. The normalized spacial score (nSPS) is 10.0. The molecule has 3 nitrogen and oxygen atoms in total. The van der Waals surface area contributed by atoms with Crippen LogP contribution in [-0.4, -0.2) is 5.91 Å². The summed E-state index contributed by atoms with van der Waals surface area (Å²) in [5, 5.41) is 11.4. The minimum absolute atomic E-state index is 0.0866. The monoisotopic (exact) mass is 282 g/mol. The molecule has 0 heterocycles. The molecule has 2 rings (SSSR count). The number of rotatable bonds is 3. The molecule has 0 aliphatic carbocycles. The molecule has 0 bridgehead atoms. The van der Waals surface area contributed by atoms with Gasteiger partial charge in [0.1, 0.15) is 5.82 Å². The average Bonchev–Trinajstić information content (AvgIpc) is 2.48. The Hall–Kier alpha value is -2.67. The van der Waals surface area contributed by atoms with Crippen molar-refractivity contribution in [1.29, 1.82) is 5.26 Å². The number of nitrogens with one attached hydrogen (secondary N) is 1. The first-order chi connectivity index (χ1) is 10.0. The summed E-state index contributed by atoms with van der Waals surface area (Å²) in [5.74, 6) is -0.740. The van der Waals surface area contributed by atoms with E-state index in [1.807, 2.05) is 26.0 Å². The van der Waals surface area contributed by atoms with Crippen LogP contribution in [0.15, 0.2) is 36.4 Å². The molecule has 1 amide bonds. The highest BCUT2D eigenvalue weighted by Gasteiger charge is 2.09. The second kappa shape index (κ2) is 6.19. The van der Waals surface area contributed by atoms with Gasteiger partial charge in [-0.3, -0.25) is 4.79 Å². The van der Waals surface area contributed by atoms with Gasteiger partial charge in [0.05, 0.1) is 11.6 Å². The van der Waals surface area contributed by atoms with E-state index in [-0.39, 0.29) is 18.0 Å². The van der Waals surface area contributed by atoms with Crippen LogP contribution in [0.25, 0.3) is 0 Å². The second-order valence-corrected chi connectivity index (χ2v) is 4.90. The number of amides is 1. The van der Waals surface area contributed by atoms with E-state index in [1.165, 1.54) is 12.1 Å². The molecule has 0 fully saturated rings. The van der Waals surface area contributed by atoms with Crippen LogP contribution in [0, 0.1) is 31.0 Å². The lowest BCUT2D eigenvalue weighted by Crippen LogP contribution is -2.23. The van der Waals surface area contributed by atoms with Crippen molar-refractivity contribution < 1.29 is 9.18 Å². The third kappa shape index (κ3) is 3.46. The molecule has 0 aliphatic rings. The van der Waals surface area contributed by atoms with Crippen molar-refractivity contribution in [2.45, 2.75) is 20.4 Å². The van der Waals surface area contributed by atoms with Gasteiger partial charge >= 0.3 is 0 Å². The van der Waals surface area contributed by atoms with Gasteiger partial charge in [-0.1, -0.05) is 12.1 Å². The second-order valence-electron chi connectivity index (χ2n) is 4.90. The topological polar surface area (TPSA) is 52.9 Å². The Balaban J connectivity index is 2.07. The summed E-state index contributed by atoms with van der Waals surface area (Å²) in [4.78, 5) is 12.0. The molecule has 2 aromatic carbocycles. The van der Waals surface area contributed by atoms with E-state index in [0.717, 1.165) is 17.2 Å². The summed E-state index contributed by atoms with van der Waals surface area (Å²) in [5.41, 5.74) is 3.31. The summed E-state index contributed by atoms with van der Waals surface area (Å²) < 4.78 is 13.7. The van der Waals surface area contributed by atoms with E-state index in [9.17, 15) is 9.18 Å². The Morgan fingerprint density at radius 1 is 1.19 bits per heavy atom. The Bertz CT molecular complexity index is 732. The molecule has 0 atom stereocenters. The van der Waals surface area contributed by atoms with Crippen LogP contribution in [-0.2, 0) is 6.54 Å². The van der Waals surface area contributed by atoms with Gasteiger partial charge < -0.3 is 5.32 Å². The van der Waals surface area contributed by atoms with Crippen LogP contribution < -0.4 is 5.32 Å². The molecule has 0 saturated carbocycles. The van der Waals surface area contributed by atoms with E-state index in [0.29, 0.717) is 11.1 Å². The molecule has 106 valence electrons. The zero-order chi connectivity index (χ0) is 15.4.